The van der Waals surface area contributed by atoms with Crippen LogP contribution in [0.25, 0.3) is 11.5 Å². The molecule has 2 aromatic carbocycles. The van der Waals surface area contributed by atoms with Crippen LogP contribution in [0.5, 0.6) is 5.75 Å². The summed E-state index contributed by atoms with van der Waals surface area (Å²) < 4.78 is 12.6. The second-order valence-corrected chi connectivity index (χ2v) is 8.17. The molecule has 2 aromatic heterocycles. The maximum absolute atomic E-state index is 13.2. The minimum atomic E-state index is -0.350. The number of hydrogen-bond acceptors (Lipinski definition) is 7. The van der Waals surface area contributed by atoms with Gasteiger partial charge in [0.05, 0.1) is 18.9 Å². The zero-order valence-electron chi connectivity index (χ0n) is 18.8. The fraction of sp³-hybridized carbons (Fsp3) is 0.269. The second-order valence-electron chi connectivity index (χ2n) is 8.17. The fourth-order valence-corrected chi connectivity index (χ4v) is 4.08. The normalized spacial score (nSPS) is 15.4. The van der Waals surface area contributed by atoms with E-state index in [2.05, 4.69) is 14.9 Å². The van der Waals surface area contributed by atoms with Crippen LogP contribution >= 0.6 is 0 Å². The van der Waals surface area contributed by atoms with Gasteiger partial charge in [-0.3, -0.25) is 9.69 Å². The van der Waals surface area contributed by atoms with E-state index in [1.54, 1.807) is 30.5 Å². The van der Waals surface area contributed by atoms with Crippen LogP contribution in [0.2, 0.25) is 0 Å². The van der Waals surface area contributed by atoms with Gasteiger partial charge < -0.3 is 14.6 Å². The van der Waals surface area contributed by atoms with Crippen molar-refractivity contribution in [3.63, 3.8) is 0 Å². The summed E-state index contributed by atoms with van der Waals surface area (Å²) in [7, 11) is 0. The summed E-state index contributed by atoms with van der Waals surface area (Å²) in [5.41, 5.74) is 1.64. The van der Waals surface area contributed by atoms with E-state index in [9.17, 15) is 9.90 Å². The molecule has 0 aliphatic carbocycles. The van der Waals surface area contributed by atoms with E-state index in [0.29, 0.717) is 35.8 Å². The largest absolute Gasteiger partial charge is 0.506 e. The average molecular weight is 459 g/mol. The Hall–Kier alpha value is -3.75. The maximum Gasteiger partial charge on any atom is 0.270 e. The average Bonchev–Trinajstić information content (AvgIpc) is 3.35. The molecular formula is C26H26N4O4. The van der Waals surface area contributed by atoms with Crippen molar-refractivity contribution in [2.45, 2.75) is 6.42 Å². The van der Waals surface area contributed by atoms with Gasteiger partial charge in [-0.25, -0.2) is 14.4 Å². The number of benzene rings is 2. The first-order chi connectivity index (χ1) is 16.7. The summed E-state index contributed by atoms with van der Waals surface area (Å²) >= 11 is 0. The molecule has 1 aliphatic heterocycles. The SMILES string of the molecule is O=c1c(=C(O)c2ccc(OCCN3CCOCC3)cc2)c(Cc2ccccc2)nc2nccn12. The number of rotatable bonds is 7. The van der Waals surface area contributed by atoms with Crippen LogP contribution in [0.15, 0.2) is 71.8 Å². The molecule has 5 rings (SSSR count). The molecule has 1 N–H and O–H groups in total. The standard InChI is InChI=1S/C26H26N4O4/c31-24(20-6-8-21(9-7-20)34-17-14-29-12-15-33-16-13-29)23-22(18-19-4-2-1-3-5-19)28-26-27-10-11-30(26)25(23)32/h1-11,31H,12-18H2. The summed E-state index contributed by atoms with van der Waals surface area (Å²) in [6.45, 7) is 4.77. The van der Waals surface area contributed by atoms with Gasteiger partial charge in [0.25, 0.3) is 5.56 Å². The third kappa shape index (κ3) is 4.78. The minimum absolute atomic E-state index is 0.112. The van der Waals surface area contributed by atoms with Gasteiger partial charge in [-0.15, -0.1) is 0 Å². The molecule has 1 aliphatic rings. The van der Waals surface area contributed by atoms with E-state index in [1.165, 1.54) is 10.6 Å². The Morgan fingerprint density at radius 3 is 2.59 bits per heavy atom. The van der Waals surface area contributed by atoms with Crippen LogP contribution < -0.4 is 15.5 Å². The maximum atomic E-state index is 13.2. The van der Waals surface area contributed by atoms with Crippen LogP contribution in [0.4, 0.5) is 0 Å². The Kier molecular flexibility index (Phi) is 6.51. The van der Waals surface area contributed by atoms with Crippen LogP contribution in [-0.4, -0.2) is 63.8 Å². The first kappa shape index (κ1) is 22.1. The first-order valence-electron chi connectivity index (χ1n) is 11.4. The van der Waals surface area contributed by atoms with Crippen molar-refractivity contribution in [1.82, 2.24) is 19.3 Å². The number of fused-ring (bicyclic) bond motifs is 1. The molecule has 8 nitrogen and oxygen atoms in total. The molecule has 1 fully saturated rings. The summed E-state index contributed by atoms with van der Waals surface area (Å²) in [6.07, 6.45) is 3.49. The van der Waals surface area contributed by atoms with Gasteiger partial charge in [-0.2, -0.15) is 0 Å². The number of aliphatic hydroxyl groups excluding tert-OH is 1. The van der Waals surface area contributed by atoms with Gasteiger partial charge in [0.2, 0.25) is 5.78 Å². The van der Waals surface area contributed by atoms with E-state index < -0.39 is 0 Å². The predicted molar refractivity (Wildman–Crippen MR) is 128 cm³/mol. The molecule has 8 heteroatoms. The minimum Gasteiger partial charge on any atom is -0.506 e. The molecule has 0 amide bonds. The Morgan fingerprint density at radius 2 is 1.82 bits per heavy atom. The Morgan fingerprint density at radius 1 is 1.06 bits per heavy atom. The van der Waals surface area contributed by atoms with Crippen LogP contribution in [0.1, 0.15) is 16.8 Å². The Labute approximate surface area is 196 Å². The van der Waals surface area contributed by atoms with E-state index in [0.717, 1.165) is 38.4 Å². The number of ether oxygens (including phenoxy) is 2. The highest BCUT2D eigenvalue weighted by Gasteiger charge is 2.15. The van der Waals surface area contributed by atoms with Crippen molar-refractivity contribution < 1.29 is 14.6 Å². The van der Waals surface area contributed by atoms with Gasteiger partial charge in [-0.1, -0.05) is 30.3 Å². The fourth-order valence-electron chi connectivity index (χ4n) is 4.08. The van der Waals surface area contributed by atoms with E-state index in [4.69, 9.17) is 9.47 Å². The summed E-state index contributed by atoms with van der Waals surface area (Å²) in [6, 6.07) is 16.8. The highest BCUT2D eigenvalue weighted by molar-refractivity contribution is 5.60. The lowest BCUT2D eigenvalue weighted by atomic mass is 10.1. The lowest BCUT2D eigenvalue weighted by Crippen LogP contribution is -2.38. The first-order valence-corrected chi connectivity index (χ1v) is 11.4. The smallest absolute Gasteiger partial charge is 0.270 e. The van der Waals surface area contributed by atoms with E-state index in [1.807, 2.05) is 30.3 Å². The quantitative estimate of drug-likeness (QED) is 0.452. The monoisotopic (exact) mass is 458 g/mol. The highest BCUT2D eigenvalue weighted by atomic mass is 16.5. The van der Waals surface area contributed by atoms with Gasteiger partial charge >= 0.3 is 0 Å². The van der Waals surface area contributed by atoms with Crippen molar-refractivity contribution in [2.75, 3.05) is 39.5 Å². The number of morpholine rings is 1. The molecule has 0 bridgehead atoms. The number of imidazole rings is 1. The molecule has 0 spiro atoms. The Balaban J connectivity index is 1.43. The third-order valence-corrected chi connectivity index (χ3v) is 5.94. The number of aliphatic hydroxyl groups is 1. The lowest BCUT2D eigenvalue weighted by molar-refractivity contribution is 0.0322. The van der Waals surface area contributed by atoms with Crippen molar-refractivity contribution in [2.24, 2.45) is 0 Å². The third-order valence-electron chi connectivity index (χ3n) is 5.94. The molecule has 0 saturated carbocycles. The van der Waals surface area contributed by atoms with Crippen molar-refractivity contribution in [3.8, 4) is 5.75 Å². The molecule has 3 heterocycles. The van der Waals surface area contributed by atoms with Gasteiger partial charge in [0, 0.05) is 44.0 Å². The number of nitrogens with zero attached hydrogens (tertiary/aromatic N) is 4. The molecule has 174 valence electrons. The van der Waals surface area contributed by atoms with Crippen molar-refractivity contribution >= 4 is 11.5 Å². The van der Waals surface area contributed by atoms with Crippen LogP contribution in [-0.2, 0) is 11.2 Å². The summed E-state index contributed by atoms with van der Waals surface area (Å²) in [4.78, 5) is 24.3. The molecule has 4 aromatic rings. The van der Waals surface area contributed by atoms with Crippen molar-refractivity contribution in [1.29, 1.82) is 0 Å². The highest BCUT2D eigenvalue weighted by Crippen LogP contribution is 2.16. The topological polar surface area (TPSA) is 89.2 Å². The molecule has 0 radical (unpaired) electrons. The number of aromatic nitrogens is 3. The van der Waals surface area contributed by atoms with Gasteiger partial charge in [0.1, 0.15) is 23.3 Å². The zero-order chi connectivity index (χ0) is 23.3. The van der Waals surface area contributed by atoms with Crippen LogP contribution in [0, 0.1) is 0 Å². The van der Waals surface area contributed by atoms with Gasteiger partial charge in [-0.05, 0) is 29.8 Å². The van der Waals surface area contributed by atoms with Gasteiger partial charge in [0.15, 0.2) is 0 Å². The van der Waals surface area contributed by atoms with E-state index in [-0.39, 0.29) is 16.5 Å². The second kappa shape index (κ2) is 10.0. The van der Waals surface area contributed by atoms with Crippen LogP contribution in [0.3, 0.4) is 0 Å². The summed E-state index contributed by atoms with van der Waals surface area (Å²) in [5.74, 6) is 0.912. The molecule has 1 saturated heterocycles. The molecule has 0 unspecified atom stereocenters. The summed E-state index contributed by atoms with van der Waals surface area (Å²) in [5, 5.41) is 11.3. The van der Waals surface area contributed by atoms with Crippen molar-refractivity contribution in [3.05, 3.63) is 99.4 Å². The molecule has 0 atom stereocenters. The molecule has 34 heavy (non-hydrogen) atoms. The Bertz CT molecular complexity index is 1360. The number of hydrogen-bond donors (Lipinski definition) is 1. The lowest BCUT2D eigenvalue weighted by Gasteiger charge is -2.26. The zero-order valence-corrected chi connectivity index (χ0v) is 18.8. The molecular weight excluding hydrogens is 432 g/mol. The predicted octanol–water partition coefficient (Wildman–Crippen LogP) is 1.82. The van der Waals surface area contributed by atoms with E-state index >= 15 is 0 Å².